The Morgan fingerprint density at radius 2 is 1.59 bits per heavy atom. The van der Waals surface area contributed by atoms with Crippen molar-refractivity contribution in [1.82, 2.24) is 9.80 Å². The first-order valence-electron chi connectivity index (χ1n) is 11.6. The lowest BCUT2D eigenvalue weighted by Crippen LogP contribution is -2.41. The van der Waals surface area contributed by atoms with Gasteiger partial charge in [-0.2, -0.15) is 0 Å². The van der Waals surface area contributed by atoms with E-state index >= 15 is 0 Å². The number of hydrogen-bond donors (Lipinski definition) is 0. The highest BCUT2D eigenvalue weighted by molar-refractivity contribution is 5.95. The number of ether oxygens (including phenoxy) is 2. The minimum absolute atomic E-state index is 0.0352. The van der Waals surface area contributed by atoms with Gasteiger partial charge in [-0.1, -0.05) is 72.8 Å². The standard InChI is InChI=1S/C28H28N2O4/c1-33-23-14-12-21(13-15-23)24-17-29(16-20-8-4-2-5-9-20)18-25(24)27(31)30-26(19-34-28(30)32)22-10-6-3-7-11-22/h2-15,24-26H,16-19H2,1H3/t24-,25-,26?/m0/s1. The maximum Gasteiger partial charge on any atom is 0.417 e. The predicted octanol–water partition coefficient (Wildman–Crippen LogP) is 4.63. The van der Waals surface area contributed by atoms with Gasteiger partial charge in [0.05, 0.1) is 13.0 Å². The van der Waals surface area contributed by atoms with Crippen molar-refractivity contribution in [2.24, 2.45) is 5.92 Å². The average molecular weight is 457 g/mol. The fraction of sp³-hybridized carbons (Fsp3) is 0.286. The molecule has 3 aromatic rings. The van der Waals surface area contributed by atoms with Gasteiger partial charge in [0, 0.05) is 25.6 Å². The van der Waals surface area contributed by atoms with Crippen LogP contribution in [0.3, 0.4) is 0 Å². The summed E-state index contributed by atoms with van der Waals surface area (Å²) in [6.07, 6.45) is -0.561. The van der Waals surface area contributed by atoms with Gasteiger partial charge in [0.2, 0.25) is 5.91 Å². The minimum atomic E-state index is -0.561. The largest absolute Gasteiger partial charge is 0.497 e. The molecule has 2 aliphatic rings. The van der Waals surface area contributed by atoms with E-state index in [2.05, 4.69) is 17.0 Å². The van der Waals surface area contributed by atoms with E-state index in [1.807, 2.05) is 72.8 Å². The lowest BCUT2D eigenvalue weighted by Gasteiger charge is -2.26. The van der Waals surface area contributed by atoms with E-state index in [1.54, 1.807) is 7.11 Å². The lowest BCUT2D eigenvalue weighted by atomic mass is 9.87. The van der Waals surface area contributed by atoms with Crippen LogP contribution in [0.5, 0.6) is 5.75 Å². The van der Waals surface area contributed by atoms with Crippen molar-refractivity contribution < 1.29 is 19.1 Å². The number of hydrogen-bond acceptors (Lipinski definition) is 5. The Hall–Kier alpha value is -3.64. The number of rotatable bonds is 6. The van der Waals surface area contributed by atoms with Crippen molar-refractivity contribution in [3.8, 4) is 5.75 Å². The highest BCUT2D eigenvalue weighted by Gasteiger charge is 2.47. The molecule has 6 nitrogen and oxygen atoms in total. The van der Waals surface area contributed by atoms with Gasteiger partial charge in [0.25, 0.3) is 0 Å². The van der Waals surface area contributed by atoms with E-state index in [1.165, 1.54) is 10.5 Å². The first kappa shape index (κ1) is 22.2. The van der Waals surface area contributed by atoms with Crippen molar-refractivity contribution in [2.75, 3.05) is 26.8 Å². The minimum Gasteiger partial charge on any atom is -0.497 e. The number of nitrogens with zero attached hydrogens (tertiary/aromatic N) is 2. The van der Waals surface area contributed by atoms with E-state index in [0.29, 0.717) is 6.54 Å². The van der Waals surface area contributed by atoms with Crippen LogP contribution in [0, 0.1) is 5.92 Å². The van der Waals surface area contributed by atoms with E-state index in [9.17, 15) is 9.59 Å². The Kier molecular flexibility index (Phi) is 6.32. The van der Waals surface area contributed by atoms with Crippen LogP contribution in [0.4, 0.5) is 4.79 Å². The average Bonchev–Trinajstić information content (AvgIpc) is 3.48. The van der Waals surface area contributed by atoms with Crippen molar-refractivity contribution in [3.63, 3.8) is 0 Å². The SMILES string of the molecule is COc1ccc([C@@H]2CN(Cc3ccccc3)C[C@@H]2C(=O)N2C(=O)OCC2c2ccccc2)cc1. The Labute approximate surface area is 199 Å². The molecular formula is C28H28N2O4. The van der Waals surface area contributed by atoms with Crippen LogP contribution in [0.25, 0.3) is 0 Å². The van der Waals surface area contributed by atoms with E-state index in [0.717, 1.165) is 30.0 Å². The Morgan fingerprint density at radius 3 is 2.26 bits per heavy atom. The van der Waals surface area contributed by atoms with E-state index in [-0.39, 0.29) is 24.3 Å². The van der Waals surface area contributed by atoms with Crippen molar-refractivity contribution in [3.05, 3.63) is 102 Å². The molecule has 2 amide bonds. The third-order valence-electron chi connectivity index (χ3n) is 6.80. The Morgan fingerprint density at radius 1 is 0.912 bits per heavy atom. The third kappa shape index (κ3) is 4.41. The molecule has 2 heterocycles. The number of amides is 2. The second kappa shape index (κ2) is 9.69. The van der Waals surface area contributed by atoms with Crippen molar-refractivity contribution in [2.45, 2.75) is 18.5 Å². The summed E-state index contributed by atoms with van der Waals surface area (Å²) in [6, 6.07) is 27.4. The summed E-state index contributed by atoms with van der Waals surface area (Å²) in [5.74, 6) is 0.215. The van der Waals surface area contributed by atoms with Gasteiger partial charge in [0.15, 0.2) is 0 Å². The summed E-state index contributed by atoms with van der Waals surface area (Å²) in [5, 5.41) is 0. The molecule has 0 saturated carbocycles. The Balaban J connectivity index is 1.44. The third-order valence-corrected chi connectivity index (χ3v) is 6.80. The zero-order chi connectivity index (χ0) is 23.5. The molecule has 2 aliphatic heterocycles. The molecule has 1 unspecified atom stereocenters. The van der Waals surface area contributed by atoms with E-state index < -0.39 is 12.1 Å². The Bertz CT molecular complexity index is 1130. The summed E-state index contributed by atoms with van der Waals surface area (Å²) < 4.78 is 10.7. The fourth-order valence-corrected chi connectivity index (χ4v) is 5.06. The first-order valence-corrected chi connectivity index (χ1v) is 11.6. The molecule has 2 saturated heterocycles. The van der Waals surface area contributed by atoms with Crippen LogP contribution in [0.15, 0.2) is 84.9 Å². The van der Waals surface area contributed by atoms with Gasteiger partial charge in [-0.25, -0.2) is 9.69 Å². The van der Waals surface area contributed by atoms with Crippen molar-refractivity contribution in [1.29, 1.82) is 0 Å². The van der Waals surface area contributed by atoms with Gasteiger partial charge < -0.3 is 9.47 Å². The zero-order valence-electron chi connectivity index (χ0n) is 19.2. The molecule has 0 N–H and O–H groups in total. The number of benzene rings is 3. The molecule has 0 spiro atoms. The highest BCUT2D eigenvalue weighted by Crippen LogP contribution is 2.38. The van der Waals surface area contributed by atoms with Crippen LogP contribution in [-0.2, 0) is 16.1 Å². The summed E-state index contributed by atoms with van der Waals surface area (Å²) >= 11 is 0. The van der Waals surface area contributed by atoms with E-state index in [4.69, 9.17) is 9.47 Å². The van der Waals surface area contributed by atoms with Crippen LogP contribution in [0.2, 0.25) is 0 Å². The summed E-state index contributed by atoms with van der Waals surface area (Å²) in [4.78, 5) is 30.3. The molecule has 0 radical (unpaired) electrons. The molecule has 0 aromatic heterocycles. The quantitative estimate of drug-likeness (QED) is 0.541. The van der Waals surface area contributed by atoms with Crippen LogP contribution >= 0.6 is 0 Å². The second-order valence-corrected chi connectivity index (χ2v) is 8.88. The second-order valence-electron chi connectivity index (χ2n) is 8.88. The van der Waals surface area contributed by atoms with Gasteiger partial charge in [-0.3, -0.25) is 9.69 Å². The molecule has 3 atom stereocenters. The molecule has 0 aliphatic carbocycles. The number of carbonyl (C=O) groups excluding carboxylic acids is 2. The normalized spacial score (nSPS) is 22.6. The lowest BCUT2D eigenvalue weighted by molar-refractivity contribution is -0.133. The molecule has 2 fully saturated rings. The maximum atomic E-state index is 13.9. The fourth-order valence-electron chi connectivity index (χ4n) is 5.06. The molecule has 0 bridgehead atoms. The molecule has 6 heteroatoms. The highest BCUT2D eigenvalue weighted by atomic mass is 16.6. The van der Waals surface area contributed by atoms with Crippen LogP contribution < -0.4 is 4.74 Å². The monoisotopic (exact) mass is 456 g/mol. The zero-order valence-corrected chi connectivity index (χ0v) is 19.2. The number of methoxy groups -OCH3 is 1. The molecule has 3 aromatic carbocycles. The smallest absolute Gasteiger partial charge is 0.417 e. The molecule has 5 rings (SSSR count). The molecular weight excluding hydrogens is 428 g/mol. The number of imide groups is 1. The van der Waals surface area contributed by atoms with Gasteiger partial charge in [0.1, 0.15) is 18.4 Å². The van der Waals surface area contributed by atoms with Gasteiger partial charge in [-0.05, 0) is 28.8 Å². The van der Waals surface area contributed by atoms with Gasteiger partial charge >= 0.3 is 6.09 Å². The topological polar surface area (TPSA) is 59.1 Å². The van der Waals surface area contributed by atoms with Crippen LogP contribution in [-0.4, -0.2) is 48.6 Å². The van der Waals surface area contributed by atoms with Crippen molar-refractivity contribution >= 4 is 12.0 Å². The maximum absolute atomic E-state index is 13.9. The summed E-state index contributed by atoms with van der Waals surface area (Å²) in [7, 11) is 1.64. The summed E-state index contributed by atoms with van der Waals surface area (Å²) in [5.41, 5.74) is 3.17. The summed E-state index contributed by atoms with van der Waals surface area (Å²) in [6.45, 7) is 2.25. The van der Waals surface area contributed by atoms with Crippen LogP contribution in [0.1, 0.15) is 28.7 Å². The number of likely N-dealkylation sites (tertiary alicyclic amines) is 1. The number of cyclic esters (lactones) is 1. The predicted molar refractivity (Wildman–Crippen MR) is 128 cm³/mol. The first-order chi connectivity index (χ1) is 16.6. The van der Waals surface area contributed by atoms with Gasteiger partial charge in [-0.15, -0.1) is 0 Å². The number of carbonyl (C=O) groups is 2. The molecule has 174 valence electrons. The molecule has 34 heavy (non-hydrogen) atoms.